The molecule has 0 radical (unpaired) electrons. The van der Waals surface area contributed by atoms with Crippen LogP contribution in [0.5, 0.6) is 0 Å². The van der Waals surface area contributed by atoms with Crippen LogP contribution >= 0.6 is 0 Å². The molecule has 8 nitrogen and oxygen atoms in total. The van der Waals surface area contributed by atoms with Gasteiger partial charge in [-0.05, 0) is 38.6 Å². The fraction of sp³-hybridized carbons (Fsp3) is 0.231. The van der Waals surface area contributed by atoms with Crippen molar-refractivity contribution >= 4 is 27.3 Å². The normalized spacial score (nSPS) is 19.3. The van der Waals surface area contributed by atoms with Gasteiger partial charge in [-0.15, -0.1) is 0 Å². The lowest BCUT2D eigenvalue weighted by Gasteiger charge is -2.19. The van der Waals surface area contributed by atoms with Crippen LogP contribution in [0.15, 0.2) is 70.5 Å². The summed E-state index contributed by atoms with van der Waals surface area (Å²) in [5, 5.41) is 3.10. The van der Waals surface area contributed by atoms with Gasteiger partial charge in [-0.3, -0.25) is 0 Å². The highest BCUT2D eigenvalue weighted by Crippen LogP contribution is 2.49. The molecule has 0 bridgehead atoms. The zero-order valence-corrected chi connectivity index (χ0v) is 20.7. The molecule has 0 saturated carbocycles. The van der Waals surface area contributed by atoms with Crippen LogP contribution in [0.4, 0.5) is 10.2 Å². The summed E-state index contributed by atoms with van der Waals surface area (Å²) in [6.45, 7) is 3.52. The Morgan fingerprint density at radius 3 is 2.61 bits per heavy atom. The zero-order valence-electron chi connectivity index (χ0n) is 19.9. The van der Waals surface area contributed by atoms with Gasteiger partial charge >= 0.3 is 0 Å². The quantitative estimate of drug-likeness (QED) is 0.504. The van der Waals surface area contributed by atoms with E-state index in [9.17, 15) is 8.42 Å². The molecule has 0 amide bonds. The Kier molecular flexibility index (Phi) is 5.75. The summed E-state index contributed by atoms with van der Waals surface area (Å²) < 4.78 is 45.0. The van der Waals surface area contributed by atoms with E-state index in [-0.39, 0.29) is 27.9 Å². The minimum Gasteiger partial charge on any atom is -0.428 e. The SMILES string of the molecule is CNCc1ccc(C2=C=CN=C(c3nc(-c4ccc5c(c4)[C@H](F)C(C)(C)S5(=O)=O)cnc3N)O2)cc1. The molecule has 0 aliphatic carbocycles. The summed E-state index contributed by atoms with van der Waals surface area (Å²) in [7, 11) is -1.91. The number of sulfone groups is 1. The summed E-state index contributed by atoms with van der Waals surface area (Å²) in [4.78, 5) is 13.0. The van der Waals surface area contributed by atoms with Gasteiger partial charge in [0.15, 0.2) is 27.1 Å². The third kappa shape index (κ3) is 3.80. The number of nitrogens with zero attached hydrogens (tertiary/aromatic N) is 3. The van der Waals surface area contributed by atoms with Crippen LogP contribution in [-0.2, 0) is 21.1 Å². The van der Waals surface area contributed by atoms with Gasteiger partial charge in [0.25, 0.3) is 5.90 Å². The number of benzene rings is 2. The van der Waals surface area contributed by atoms with Crippen molar-refractivity contribution in [3.8, 4) is 11.3 Å². The topological polar surface area (TPSA) is 120 Å². The fourth-order valence-electron chi connectivity index (χ4n) is 4.17. The second-order valence-corrected chi connectivity index (χ2v) is 11.6. The lowest BCUT2D eigenvalue weighted by molar-refractivity contribution is 0.284. The maximum atomic E-state index is 15.1. The Morgan fingerprint density at radius 2 is 1.89 bits per heavy atom. The Hall–Kier alpha value is -3.85. The van der Waals surface area contributed by atoms with Crippen molar-refractivity contribution in [1.82, 2.24) is 15.3 Å². The van der Waals surface area contributed by atoms with Crippen molar-refractivity contribution in [2.24, 2.45) is 4.99 Å². The second kappa shape index (κ2) is 8.67. The first-order valence-electron chi connectivity index (χ1n) is 11.2. The van der Waals surface area contributed by atoms with E-state index < -0.39 is 20.8 Å². The van der Waals surface area contributed by atoms with Gasteiger partial charge in [0.05, 0.1) is 23.0 Å². The maximum Gasteiger partial charge on any atom is 0.250 e. The molecule has 36 heavy (non-hydrogen) atoms. The average Bonchev–Trinajstić information content (AvgIpc) is 3.01. The molecule has 3 heterocycles. The fourth-order valence-corrected chi connectivity index (χ4v) is 5.86. The number of fused-ring (bicyclic) bond motifs is 1. The van der Waals surface area contributed by atoms with Crippen LogP contribution in [0.2, 0.25) is 0 Å². The number of nitrogen functional groups attached to an aromatic ring is 1. The first kappa shape index (κ1) is 23.9. The molecule has 184 valence electrons. The average molecular weight is 506 g/mol. The van der Waals surface area contributed by atoms with Gasteiger partial charge in [0, 0.05) is 23.2 Å². The molecular weight excluding hydrogens is 481 g/mol. The summed E-state index contributed by atoms with van der Waals surface area (Å²) >= 11 is 0. The Bertz CT molecular complexity index is 1570. The largest absolute Gasteiger partial charge is 0.428 e. The van der Waals surface area contributed by atoms with Gasteiger partial charge in [-0.25, -0.2) is 27.8 Å². The standard InChI is InChI=1S/C26H24FN5O3S/c1-26(2)23(27)18-12-17(8-9-21(18)36(26,33)34)19-14-31-24(28)22(32-19)25-30-11-10-20(35-25)16-6-4-15(5-7-16)13-29-3/h4-9,11-12,14,23,29H,13H2,1-3H3,(H2,28,31)/t23-/m0/s1. The number of alkyl halides is 1. The highest BCUT2D eigenvalue weighted by atomic mass is 32.2. The van der Waals surface area contributed by atoms with Gasteiger partial charge < -0.3 is 15.8 Å². The summed E-state index contributed by atoms with van der Waals surface area (Å²) in [5.41, 5.74) is 12.2. The number of nitrogens with one attached hydrogen (secondary N) is 1. The Morgan fingerprint density at radius 1 is 1.17 bits per heavy atom. The number of rotatable bonds is 5. The zero-order chi connectivity index (χ0) is 25.7. The number of nitrogens with two attached hydrogens (primary N) is 1. The number of hydrogen-bond acceptors (Lipinski definition) is 8. The molecule has 3 aromatic rings. The van der Waals surface area contributed by atoms with Crippen molar-refractivity contribution in [2.75, 3.05) is 12.8 Å². The molecule has 0 unspecified atom stereocenters. The monoisotopic (exact) mass is 505 g/mol. The number of aliphatic imine (C=N–C) groups is 1. The van der Waals surface area contributed by atoms with Gasteiger partial charge in [-0.2, -0.15) is 0 Å². The lowest BCUT2D eigenvalue weighted by atomic mass is 9.98. The molecule has 0 saturated heterocycles. The Labute approximate surface area is 208 Å². The van der Waals surface area contributed by atoms with Crippen molar-refractivity contribution in [2.45, 2.75) is 36.2 Å². The van der Waals surface area contributed by atoms with E-state index in [1.165, 1.54) is 38.4 Å². The van der Waals surface area contributed by atoms with Gasteiger partial charge in [-0.1, -0.05) is 36.1 Å². The summed E-state index contributed by atoms with van der Waals surface area (Å²) in [6.07, 6.45) is 1.25. The van der Waals surface area contributed by atoms with Gasteiger partial charge in [0.2, 0.25) is 0 Å². The van der Waals surface area contributed by atoms with Crippen LogP contribution in [-0.4, -0.2) is 36.1 Å². The highest BCUT2D eigenvalue weighted by molar-refractivity contribution is 7.93. The smallest absolute Gasteiger partial charge is 0.250 e. The summed E-state index contributed by atoms with van der Waals surface area (Å²) in [5.74, 6) is 0.695. The van der Waals surface area contributed by atoms with E-state index in [1.807, 2.05) is 31.3 Å². The highest BCUT2D eigenvalue weighted by Gasteiger charge is 2.52. The second-order valence-electron chi connectivity index (χ2n) is 9.08. The molecule has 1 atom stereocenters. The molecule has 2 aliphatic rings. The van der Waals surface area contributed by atoms with Crippen LogP contribution in [0.25, 0.3) is 17.0 Å². The van der Waals surface area contributed by atoms with E-state index >= 15 is 4.39 Å². The third-order valence-corrected chi connectivity index (χ3v) is 8.89. The molecule has 0 spiro atoms. The van der Waals surface area contributed by atoms with Crippen LogP contribution in [0, 0.1) is 0 Å². The Balaban J connectivity index is 1.46. The third-order valence-electron chi connectivity index (χ3n) is 6.35. The van der Waals surface area contributed by atoms with E-state index in [1.54, 1.807) is 6.07 Å². The minimum absolute atomic E-state index is 0.00646. The maximum absolute atomic E-state index is 15.1. The van der Waals surface area contributed by atoms with Crippen molar-refractivity contribution in [3.05, 3.63) is 83.0 Å². The number of halogens is 1. The predicted molar refractivity (Wildman–Crippen MR) is 135 cm³/mol. The molecule has 2 aromatic carbocycles. The first-order valence-corrected chi connectivity index (χ1v) is 12.7. The van der Waals surface area contributed by atoms with Crippen LogP contribution < -0.4 is 11.1 Å². The van der Waals surface area contributed by atoms with E-state index in [0.717, 1.165) is 17.7 Å². The number of ether oxygens (including phenoxy) is 1. The van der Waals surface area contributed by atoms with Crippen molar-refractivity contribution < 1.29 is 17.5 Å². The molecular formula is C26H24FN5O3S. The predicted octanol–water partition coefficient (Wildman–Crippen LogP) is 3.95. The lowest BCUT2D eigenvalue weighted by Crippen LogP contribution is -2.30. The summed E-state index contributed by atoms with van der Waals surface area (Å²) in [6, 6.07) is 12.3. The number of hydrogen-bond donors (Lipinski definition) is 2. The molecule has 0 fully saturated rings. The molecule has 3 N–H and O–H groups in total. The number of anilines is 1. The number of aromatic nitrogens is 2. The van der Waals surface area contributed by atoms with Crippen LogP contribution in [0.1, 0.15) is 42.4 Å². The molecule has 2 aliphatic heterocycles. The first-order chi connectivity index (χ1) is 17.1. The molecule has 10 heteroatoms. The molecule has 5 rings (SSSR count). The van der Waals surface area contributed by atoms with Crippen molar-refractivity contribution in [3.63, 3.8) is 0 Å². The van der Waals surface area contributed by atoms with Crippen LogP contribution in [0.3, 0.4) is 0 Å². The van der Waals surface area contributed by atoms with Gasteiger partial charge in [0.1, 0.15) is 10.9 Å². The van der Waals surface area contributed by atoms with E-state index in [2.05, 4.69) is 26.0 Å². The van der Waals surface area contributed by atoms with Crippen molar-refractivity contribution in [1.29, 1.82) is 0 Å². The molecule has 1 aromatic heterocycles. The van der Waals surface area contributed by atoms with E-state index in [4.69, 9.17) is 10.5 Å². The minimum atomic E-state index is -3.79. The van der Waals surface area contributed by atoms with E-state index in [0.29, 0.717) is 17.0 Å².